The smallest absolute Gasteiger partial charge is 0.340 e. The van der Waals surface area contributed by atoms with E-state index in [0.29, 0.717) is 11.3 Å². The summed E-state index contributed by atoms with van der Waals surface area (Å²) in [7, 11) is 0. The van der Waals surface area contributed by atoms with Gasteiger partial charge in [0.25, 0.3) is 5.91 Å². The summed E-state index contributed by atoms with van der Waals surface area (Å²) in [5.41, 5.74) is 4.28. The SMILES string of the molecule is Cc1ccc(-n2c(C)cc(C(=O)O[C@@H](C)C(=O)NCc3ccco3)c2C)cc1. The lowest BCUT2D eigenvalue weighted by atomic mass is 10.2. The van der Waals surface area contributed by atoms with Gasteiger partial charge in [0.15, 0.2) is 6.10 Å². The number of nitrogens with one attached hydrogen (secondary N) is 1. The lowest BCUT2D eigenvalue weighted by Crippen LogP contribution is -2.35. The normalized spacial score (nSPS) is 11.9. The Kier molecular flexibility index (Phi) is 5.68. The van der Waals surface area contributed by atoms with Crippen LogP contribution in [-0.2, 0) is 16.1 Å². The Morgan fingerprint density at radius 3 is 2.50 bits per heavy atom. The fourth-order valence-electron chi connectivity index (χ4n) is 3.07. The van der Waals surface area contributed by atoms with Gasteiger partial charge in [-0.2, -0.15) is 0 Å². The average molecular weight is 380 g/mol. The fraction of sp³-hybridized carbons (Fsp3) is 0.273. The molecule has 0 radical (unpaired) electrons. The third-order valence-electron chi connectivity index (χ3n) is 4.61. The molecule has 3 aromatic rings. The molecule has 0 aliphatic rings. The first kappa shape index (κ1) is 19.5. The van der Waals surface area contributed by atoms with Crippen LogP contribution in [0.5, 0.6) is 0 Å². The van der Waals surface area contributed by atoms with Crippen molar-refractivity contribution in [1.82, 2.24) is 9.88 Å². The van der Waals surface area contributed by atoms with E-state index in [0.717, 1.165) is 17.1 Å². The number of furan rings is 1. The van der Waals surface area contributed by atoms with Gasteiger partial charge in [0, 0.05) is 17.1 Å². The molecule has 3 rings (SSSR count). The Hall–Kier alpha value is -3.28. The van der Waals surface area contributed by atoms with Crippen LogP contribution in [-0.4, -0.2) is 22.5 Å². The molecule has 0 unspecified atom stereocenters. The first-order chi connectivity index (χ1) is 13.4. The molecule has 1 aromatic carbocycles. The predicted molar refractivity (Wildman–Crippen MR) is 105 cm³/mol. The third kappa shape index (κ3) is 4.17. The van der Waals surface area contributed by atoms with E-state index >= 15 is 0 Å². The number of esters is 1. The Morgan fingerprint density at radius 1 is 1.14 bits per heavy atom. The number of amides is 1. The van der Waals surface area contributed by atoms with Gasteiger partial charge in [-0.3, -0.25) is 4.79 Å². The average Bonchev–Trinajstić information content (AvgIpc) is 3.28. The lowest BCUT2D eigenvalue weighted by molar-refractivity contribution is -0.129. The van der Waals surface area contributed by atoms with E-state index in [1.807, 2.05) is 49.6 Å². The van der Waals surface area contributed by atoms with Crippen molar-refractivity contribution in [3.05, 3.63) is 77.0 Å². The van der Waals surface area contributed by atoms with Gasteiger partial charge in [-0.1, -0.05) is 17.7 Å². The third-order valence-corrected chi connectivity index (χ3v) is 4.61. The van der Waals surface area contributed by atoms with Crippen molar-refractivity contribution in [2.24, 2.45) is 0 Å². The topological polar surface area (TPSA) is 73.5 Å². The number of hydrogen-bond acceptors (Lipinski definition) is 4. The summed E-state index contributed by atoms with van der Waals surface area (Å²) in [6.45, 7) is 7.62. The number of benzene rings is 1. The molecule has 0 fully saturated rings. The highest BCUT2D eigenvalue weighted by molar-refractivity contribution is 5.93. The Morgan fingerprint density at radius 2 is 1.86 bits per heavy atom. The molecule has 146 valence electrons. The number of nitrogens with zero attached hydrogens (tertiary/aromatic N) is 1. The summed E-state index contributed by atoms with van der Waals surface area (Å²) in [4.78, 5) is 24.8. The number of aryl methyl sites for hydroxylation is 2. The highest BCUT2D eigenvalue weighted by atomic mass is 16.5. The van der Waals surface area contributed by atoms with Crippen LogP contribution in [0.4, 0.5) is 0 Å². The second kappa shape index (κ2) is 8.17. The van der Waals surface area contributed by atoms with E-state index in [2.05, 4.69) is 5.32 Å². The molecule has 0 aliphatic carbocycles. The van der Waals surface area contributed by atoms with E-state index in [1.54, 1.807) is 25.1 Å². The fourth-order valence-corrected chi connectivity index (χ4v) is 3.07. The van der Waals surface area contributed by atoms with Crippen molar-refractivity contribution in [2.45, 2.75) is 40.3 Å². The van der Waals surface area contributed by atoms with Gasteiger partial charge in [0.1, 0.15) is 5.76 Å². The molecular formula is C22H24N2O4. The number of hydrogen-bond donors (Lipinski definition) is 1. The van der Waals surface area contributed by atoms with Gasteiger partial charge >= 0.3 is 5.97 Å². The molecule has 2 heterocycles. The van der Waals surface area contributed by atoms with Crippen LogP contribution in [0.15, 0.2) is 53.1 Å². The predicted octanol–water partition coefficient (Wildman–Crippen LogP) is 3.86. The quantitative estimate of drug-likeness (QED) is 0.659. The molecule has 0 aliphatic heterocycles. The van der Waals surface area contributed by atoms with Crippen LogP contribution in [0.25, 0.3) is 5.69 Å². The summed E-state index contributed by atoms with van der Waals surface area (Å²) in [6, 6.07) is 13.4. The highest BCUT2D eigenvalue weighted by Gasteiger charge is 2.23. The van der Waals surface area contributed by atoms with Crippen LogP contribution in [0, 0.1) is 20.8 Å². The number of ether oxygens (including phenoxy) is 1. The molecule has 0 spiro atoms. The van der Waals surface area contributed by atoms with Gasteiger partial charge in [-0.05, 0) is 58.0 Å². The van der Waals surface area contributed by atoms with Crippen molar-refractivity contribution < 1.29 is 18.7 Å². The molecule has 0 saturated heterocycles. The Balaban J connectivity index is 1.69. The van der Waals surface area contributed by atoms with Crippen molar-refractivity contribution >= 4 is 11.9 Å². The summed E-state index contributed by atoms with van der Waals surface area (Å²) in [5, 5.41) is 2.69. The molecular weight excluding hydrogens is 356 g/mol. The second-order valence-electron chi connectivity index (χ2n) is 6.80. The number of carbonyl (C=O) groups is 2. The lowest BCUT2D eigenvalue weighted by Gasteiger charge is -2.13. The van der Waals surface area contributed by atoms with Crippen LogP contribution in [0.2, 0.25) is 0 Å². The number of carbonyl (C=O) groups excluding carboxylic acids is 2. The molecule has 0 bridgehead atoms. The van der Waals surface area contributed by atoms with Crippen molar-refractivity contribution in [3.63, 3.8) is 0 Å². The maximum Gasteiger partial charge on any atom is 0.340 e. The van der Waals surface area contributed by atoms with Gasteiger partial charge in [-0.15, -0.1) is 0 Å². The molecule has 28 heavy (non-hydrogen) atoms. The Labute approximate surface area is 164 Å². The zero-order chi connectivity index (χ0) is 20.3. The van der Waals surface area contributed by atoms with E-state index in [9.17, 15) is 9.59 Å². The van der Waals surface area contributed by atoms with Crippen LogP contribution in [0.3, 0.4) is 0 Å². The summed E-state index contributed by atoms with van der Waals surface area (Å²) >= 11 is 0. The molecule has 1 atom stereocenters. The summed E-state index contributed by atoms with van der Waals surface area (Å²) in [5.74, 6) is -0.266. The van der Waals surface area contributed by atoms with Crippen LogP contribution < -0.4 is 5.32 Å². The van der Waals surface area contributed by atoms with Crippen molar-refractivity contribution in [3.8, 4) is 5.69 Å². The highest BCUT2D eigenvalue weighted by Crippen LogP contribution is 2.22. The minimum absolute atomic E-state index is 0.246. The van der Waals surface area contributed by atoms with Gasteiger partial charge in [-0.25, -0.2) is 4.79 Å². The van der Waals surface area contributed by atoms with Crippen molar-refractivity contribution in [2.75, 3.05) is 0 Å². The minimum atomic E-state index is -0.912. The molecule has 0 saturated carbocycles. The zero-order valence-electron chi connectivity index (χ0n) is 16.5. The maximum absolute atomic E-state index is 12.6. The minimum Gasteiger partial charge on any atom is -0.467 e. The van der Waals surface area contributed by atoms with Crippen LogP contribution >= 0.6 is 0 Å². The van der Waals surface area contributed by atoms with Gasteiger partial charge in [0.2, 0.25) is 0 Å². The van der Waals surface area contributed by atoms with E-state index in [1.165, 1.54) is 11.8 Å². The van der Waals surface area contributed by atoms with Gasteiger partial charge in [0.05, 0.1) is 18.4 Å². The second-order valence-corrected chi connectivity index (χ2v) is 6.80. The number of rotatable bonds is 6. The molecule has 1 amide bonds. The standard InChI is InChI=1S/C22H24N2O4/c1-14-7-9-18(10-8-14)24-15(2)12-20(16(24)3)22(26)28-17(4)21(25)23-13-19-6-5-11-27-19/h5-12,17H,13H2,1-4H3,(H,23,25)/t17-/m0/s1. The molecule has 6 heteroatoms. The summed E-state index contributed by atoms with van der Waals surface area (Å²) in [6.07, 6.45) is 0.624. The Bertz CT molecular complexity index is 969. The largest absolute Gasteiger partial charge is 0.467 e. The van der Waals surface area contributed by atoms with Gasteiger partial charge < -0.3 is 19.0 Å². The molecule has 6 nitrogen and oxygen atoms in total. The number of aromatic nitrogens is 1. The van der Waals surface area contributed by atoms with E-state index in [4.69, 9.17) is 9.15 Å². The van der Waals surface area contributed by atoms with E-state index < -0.39 is 12.1 Å². The zero-order valence-corrected chi connectivity index (χ0v) is 16.5. The van der Waals surface area contributed by atoms with Crippen molar-refractivity contribution in [1.29, 1.82) is 0 Å². The van der Waals surface area contributed by atoms with Crippen LogP contribution in [0.1, 0.15) is 40.0 Å². The molecule has 1 N–H and O–H groups in total. The maximum atomic E-state index is 12.6. The first-order valence-electron chi connectivity index (χ1n) is 9.14. The summed E-state index contributed by atoms with van der Waals surface area (Å²) < 4.78 is 12.5. The molecule has 2 aromatic heterocycles. The first-order valence-corrected chi connectivity index (χ1v) is 9.14. The monoisotopic (exact) mass is 380 g/mol. The van der Waals surface area contributed by atoms with E-state index in [-0.39, 0.29) is 12.5 Å².